The number of hydrogen-bond acceptors (Lipinski definition) is 6. The highest BCUT2D eigenvalue weighted by atomic mass is 16.4. The molecular formula is C9H17NO5. The van der Waals surface area contributed by atoms with Crippen LogP contribution >= 0.6 is 0 Å². The van der Waals surface area contributed by atoms with Gasteiger partial charge in [-0.25, -0.2) is 0 Å². The van der Waals surface area contributed by atoms with Gasteiger partial charge in [0.15, 0.2) is 0 Å². The zero-order valence-corrected chi connectivity index (χ0v) is 8.28. The monoisotopic (exact) mass is 219 g/mol. The Balaban J connectivity index is 4.28. The van der Waals surface area contributed by atoms with Crippen LogP contribution in [0.25, 0.3) is 0 Å². The van der Waals surface area contributed by atoms with E-state index in [9.17, 15) is 15.0 Å². The summed E-state index contributed by atoms with van der Waals surface area (Å²) in [5.41, 5.74) is 0. The molecule has 0 saturated heterocycles. The predicted molar refractivity (Wildman–Crippen MR) is 53.2 cm³/mol. The van der Waals surface area contributed by atoms with Gasteiger partial charge in [0, 0.05) is 6.54 Å². The van der Waals surface area contributed by atoms with Gasteiger partial charge in [0.1, 0.15) is 24.6 Å². The summed E-state index contributed by atoms with van der Waals surface area (Å²) in [7, 11) is 0. The summed E-state index contributed by atoms with van der Waals surface area (Å²) < 4.78 is 0. The van der Waals surface area contributed by atoms with Gasteiger partial charge in [-0.1, -0.05) is 6.08 Å². The number of carbonyl (C=O) groups is 1. The van der Waals surface area contributed by atoms with E-state index in [4.69, 9.17) is 10.2 Å². The van der Waals surface area contributed by atoms with Crippen molar-refractivity contribution >= 4 is 6.29 Å². The van der Waals surface area contributed by atoms with Crippen LogP contribution in [0.3, 0.4) is 0 Å². The van der Waals surface area contributed by atoms with Crippen molar-refractivity contribution in [3.05, 3.63) is 12.7 Å². The van der Waals surface area contributed by atoms with E-state index in [1.54, 1.807) is 0 Å². The highest BCUT2D eigenvalue weighted by Gasteiger charge is 2.30. The Labute approximate surface area is 87.9 Å². The summed E-state index contributed by atoms with van der Waals surface area (Å²) in [6, 6.07) is -1.01. The molecule has 0 amide bonds. The predicted octanol–water partition coefficient (Wildman–Crippen LogP) is -2.60. The molecule has 0 aliphatic carbocycles. The largest absolute Gasteiger partial charge is 0.394 e. The highest BCUT2D eigenvalue weighted by Crippen LogP contribution is 2.03. The fourth-order valence-corrected chi connectivity index (χ4v) is 1.02. The third-order valence-corrected chi connectivity index (χ3v) is 1.94. The van der Waals surface area contributed by atoms with E-state index >= 15 is 0 Å². The lowest BCUT2D eigenvalue weighted by Gasteiger charge is -2.25. The van der Waals surface area contributed by atoms with Crippen molar-refractivity contribution in [1.82, 2.24) is 5.32 Å². The number of rotatable bonds is 8. The summed E-state index contributed by atoms with van der Waals surface area (Å²) in [6.07, 6.45) is -2.64. The quantitative estimate of drug-likeness (QED) is 0.226. The van der Waals surface area contributed by atoms with E-state index in [1.807, 2.05) is 0 Å². The van der Waals surface area contributed by atoms with E-state index in [0.29, 0.717) is 6.29 Å². The first-order valence-electron chi connectivity index (χ1n) is 4.53. The highest BCUT2D eigenvalue weighted by molar-refractivity contribution is 5.58. The third kappa shape index (κ3) is 4.50. The summed E-state index contributed by atoms with van der Waals surface area (Å²) >= 11 is 0. The van der Waals surface area contributed by atoms with Gasteiger partial charge in [0.05, 0.1) is 12.6 Å². The second-order valence-electron chi connectivity index (χ2n) is 3.09. The lowest BCUT2D eigenvalue weighted by molar-refractivity contribution is -0.120. The number of aldehydes is 1. The SMILES string of the molecule is C=CCN[C@@H](C=O)[C@@H](O)[C@H](O)[C@H](O)CO. The van der Waals surface area contributed by atoms with Gasteiger partial charge in [-0.05, 0) is 0 Å². The lowest BCUT2D eigenvalue weighted by Crippen LogP contribution is -2.52. The van der Waals surface area contributed by atoms with Crippen LogP contribution in [0, 0.1) is 0 Å². The summed E-state index contributed by atoms with van der Waals surface area (Å²) in [4.78, 5) is 10.6. The van der Waals surface area contributed by atoms with Crippen molar-refractivity contribution in [2.75, 3.05) is 13.2 Å². The molecule has 0 radical (unpaired) electrons. The topological polar surface area (TPSA) is 110 Å². The average molecular weight is 219 g/mol. The first kappa shape index (κ1) is 14.2. The van der Waals surface area contributed by atoms with Crippen LogP contribution in [0.4, 0.5) is 0 Å². The second kappa shape index (κ2) is 7.49. The van der Waals surface area contributed by atoms with Crippen LogP contribution < -0.4 is 5.32 Å². The molecule has 6 heteroatoms. The molecule has 5 N–H and O–H groups in total. The van der Waals surface area contributed by atoms with Gasteiger partial charge in [-0.3, -0.25) is 0 Å². The van der Waals surface area contributed by atoms with Crippen LogP contribution in [0.2, 0.25) is 0 Å². The molecule has 88 valence electrons. The molecule has 0 bridgehead atoms. The van der Waals surface area contributed by atoms with Gasteiger partial charge >= 0.3 is 0 Å². The maximum Gasteiger partial charge on any atom is 0.139 e. The molecule has 4 atom stereocenters. The minimum absolute atomic E-state index is 0.280. The minimum Gasteiger partial charge on any atom is -0.394 e. The summed E-state index contributed by atoms with van der Waals surface area (Å²) in [6.45, 7) is 3.00. The van der Waals surface area contributed by atoms with Crippen LogP contribution in [0.1, 0.15) is 0 Å². The van der Waals surface area contributed by atoms with Gasteiger partial charge in [-0.15, -0.1) is 6.58 Å². The van der Waals surface area contributed by atoms with Crippen LogP contribution in [-0.4, -0.2) is 64.2 Å². The first-order chi connectivity index (χ1) is 7.08. The fourth-order valence-electron chi connectivity index (χ4n) is 1.02. The van der Waals surface area contributed by atoms with Crippen molar-refractivity contribution in [3.8, 4) is 0 Å². The Morgan fingerprint density at radius 2 is 1.87 bits per heavy atom. The van der Waals surface area contributed by atoms with Crippen LogP contribution in [0.15, 0.2) is 12.7 Å². The standard InChI is InChI=1S/C9H17NO5/c1-2-3-10-6(4-11)8(14)9(15)7(13)5-12/h2,4,6-10,12-15H,1,3,5H2/t6-,7+,8+,9+/m0/s1. The second-order valence-corrected chi connectivity index (χ2v) is 3.09. The molecule has 0 unspecified atom stereocenters. The molecule has 0 aromatic carbocycles. The van der Waals surface area contributed by atoms with Crippen LogP contribution in [-0.2, 0) is 4.79 Å². The van der Waals surface area contributed by atoms with Gasteiger partial charge in [0.2, 0.25) is 0 Å². The van der Waals surface area contributed by atoms with Crippen LogP contribution in [0.5, 0.6) is 0 Å². The summed E-state index contributed by atoms with van der Waals surface area (Å²) in [5.74, 6) is 0. The molecule has 0 fully saturated rings. The van der Waals surface area contributed by atoms with Crippen molar-refractivity contribution in [1.29, 1.82) is 0 Å². The molecule has 0 heterocycles. The Morgan fingerprint density at radius 3 is 2.27 bits per heavy atom. The number of aliphatic hydroxyl groups excluding tert-OH is 4. The van der Waals surface area contributed by atoms with Crippen molar-refractivity contribution in [2.24, 2.45) is 0 Å². The zero-order valence-electron chi connectivity index (χ0n) is 8.28. The van der Waals surface area contributed by atoms with Gasteiger partial charge < -0.3 is 30.5 Å². The number of nitrogens with one attached hydrogen (secondary N) is 1. The van der Waals surface area contributed by atoms with E-state index in [2.05, 4.69) is 11.9 Å². The van der Waals surface area contributed by atoms with Gasteiger partial charge in [-0.2, -0.15) is 0 Å². The Kier molecular flexibility index (Phi) is 7.10. The fraction of sp³-hybridized carbons (Fsp3) is 0.667. The molecule has 0 aliphatic heterocycles. The molecule has 15 heavy (non-hydrogen) atoms. The smallest absolute Gasteiger partial charge is 0.139 e. The molecular weight excluding hydrogens is 202 g/mol. The Hall–Kier alpha value is -0.790. The number of carbonyl (C=O) groups excluding carboxylic acids is 1. The Bertz CT molecular complexity index is 199. The minimum atomic E-state index is -1.58. The number of aliphatic hydroxyl groups is 4. The summed E-state index contributed by atoms with van der Waals surface area (Å²) in [5, 5.41) is 38.9. The molecule has 0 aromatic rings. The van der Waals surface area contributed by atoms with Crippen molar-refractivity contribution in [2.45, 2.75) is 24.4 Å². The normalized spacial score (nSPS) is 18.9. The molecule has 6 nitrogen and oxygen atoms in total. The van der Waals surface area contributed by atoms with E-state index in [-0.39, 0.29) is 6.54 Å². The Morgan fingerprint density at radius 1 is 1.27 bits per heavy atom. The average Bonchev–Trinajstić information content (AvgIpc) is 2.27. The third-order valence-electron chi connectivity index (χ3n) is 1.94. The maximum absolute atomic E-state index is 10.6. The van der Waals surface area contributed by atoms with Crippen molar-refractivity contribution in [3.63, 3.8) is 0 Å². The van der Waals surface area contributed by atoms with Gasteiger partial charge in [0.25, 0.3) is 0 Å². The van der Waals surface area contributed by atoms with Crippen molar-refractivity contribution < 1.29 is 25.2 Å². The number of hydrogen-bond donors (Lipinski definition) is 5. The first-order valence-corrected chi connectivity index (χ1v) is 4.53. The molecule has 0 rings (SSSR count). The van der Waals surface area contributed by atoms with E-state index in [0.717, 1.165) is 0 Å². The van der Waals surface area contributed by atoms with E-state index in [1.165, 1.54) is 6.08 Å². The molecule has 0 saturated carbocycles. The molecule has 0 spiro atoms. The zero-order chi connectivity index (χ0) is 11.8. The molecule has 0 aromatic heterocycles. The van der Waals surface area contributed by atoms with E-state index < -0.39 is 31.0 Å². The molecule has 0 aliphatic rings. The lowest BCUT2D eigenvalue weighted by atomic mass is 10.0. The maximum atomic E-state index is 10.6.